The first-order valence-corrected chi connectivity index (χ1v) is 3.96. The smallest absolute Gasteiger partial charge is 0.000452 e. The Labute approximate surface area is 66.7 Å². The van der Waals surface area contributed by atoms with Crippen LogP contribution < -0.4 is 5.32 Å². The molecule has 0 bridgehead atoms. The topological polar surface area (TPSA) is 12.0 Å². The fourth-order valence-corrected chi connectivity index (χ4v) is 0.707. The lowest BCUT2D eigenvalue weighted by Crippen LogP contribution is -2.38. The highest BCUT2D eigenvalue weighted by atomic mass is 14.8. The van der Waals surface area contributed by atoms with Crippen LogP contribution in [0.2, 0.25) is 0 Å². The van der Waals surface area contributed by atoms with Crippen molar-refractivity contribution in [2.75, 3.05) is 13.6 Å². The summed E-state index contributed by atoms with van der Waals surface area (Å²) in [7, 11) is 2.01. The number of rotatable bonds is 2. The molecule has 0 aromatic rings. The molecular formula is C9H23N. The number of hydrogen-bond donors (Lipinski definition) is 1. The second kappa shape index (κ2) is 2.91. The zero-order chi connectivity index (χ0) is 8.41. The molecule has 10 heavy (non-hydrogen) atoms. The molecule has 0 fully saturated rings. The second-order valence-corrected chi connectivity index (χ2v) is 4.66. The number of hydrogen-bond acceptors (Lipinski definition) is 1. The summed E-state index contributed by atoms with van der Waals surface area (Å²) in [4.78, 5) is 0. The third-order valence-corrected chi connectivity index (χ3v) is 2.65. The van der Waals surface area contributed by atoms with E-state index in [9.17, 15) is 0 Å². The minimum atomic E-state index is 0. The van der Waals surface area contributed by atoms with Crippen LogP contribution in [0, 0.1) is 10.8 Å². The van der Waals surface area contributed by atoms with E-state index in [1.165, 1.54) is 0 Å². The molecule has 0 aliphatic heterocycles. The molecule has 0 spiro atoms. The minimum Gasteiger partial charge on any atom is -0.319 e. The van der Waals surface area contributed by atoms with Gasteiger partial charge < -0.3 is 5.32 Å². The molecule has 0 saturated heterocycles. The molecule has 0 heterocycles. The summed E-state index contributed by atoms with van der Waals surface area (Å²) < 4.78 is 0. The van der Waals surface area contributed by atoms with E-state index in [-0.39, 0.29) is 1.43 Å². The third kappa shape index (κ3) is 2.30. The molecule has 1 N–H and O–H groups in total. The van der Waals surface area contributed by atoms with E-state index in [0.717, 1.165) is 6.54 Å². The zero-order valence-electron chi connectivity index (χ0n) is 8.21. The second-order valence-electron chi connectivity index (χ2n) is 4.66. The average molecular weight is 145 g/mol. The Bertz CT molecular complexity index is 103. The first-order valence-electron chi connectivity index (χ1n) is 3.96. The van der Waals surface area contributed by atoms with Gasteiger partial charge in [-0.1, -0.05) is 34.6 Å². The monoisotopic (exact) mass is 145 g/mol. The van der Waals surface area contributed by atoms with E-state index in [1.807, 2.05) is 7.05 Å². The van der Waals surface area contributed by atoms with Gasteiger partial charge in [0, 0.05) is 7.97 Å². The van der Waals surface area contributed by atoms with E-state index in [0.29, 0.717) is 10.8 Å². The van der Waals surface area contributed by atoms with Gasteiger partial charge >= 0.3 is 0 Å². The molecule has 64 valence electrons. The van der Waals surface area contributed by atoms with Gasteiger partial charge in [0.05, 0.1) is 0 Å². The van der Waals surface area contributed by atoms with Crippen molar-refractivity contribution >= 4 is 0 Å². The third-order valence-electron chi connectivity index (χ3n) is 2.65. The molecule has 0 aliphatic carbocycles. The van der Waals surface area contributed by atoms with E-state index < -0.39 is 0 Å². The summed E-state index contributed by atoms with van der Waals surface area (Å²) >= 11 is 0. The molecule has 1 nitrogen and oxygen atoms in total. The van der Waals surface area contributed by atoms with E-state index >= 15 is 0 Å². The first-order chi connectivity index (χ1) is 4.31. The van der Waals surface area contributed by atoms with Gasteiger partial charge in [0.25, 0.3) is 0 Å². The summed E-state index contributed by atoms with van der Waals surface area (Å²) in [5.41, 5.74) is 0.762. The van der Waals surface area contributed by atoms with E-state index in [2.05, 4.69) is 39.9 Å². The highest BCUT2D eigenvalue weighted by molar-refractivity contribution is 4.83. The molecule has 0 saturated carbocycles. The highest BCUT2D eigenvalue weighted by Gasteiger charge is 2.31. The Kier molecular flexibility index (Phi) is 2.90. The molecule has 0 rings (SSSR count). The van der Waals surface area contributed by atoms with Crippen molar-refractivity contribution in [2.24, 2.45) is 10.8 Å². The summed E-state index contributed by atoms with van der Waals surface area (Å²) in [5.74, 6) is 0. The summed E-state index contributed by atoms with van der Waals surface area (Å²) in [5, 5.41) is 3.21. The Morgan fingerprint density at radius 1 is 1.10 bits per heavy atom. The van der Waals surface area contributed by atoms with Gasteiger partial charge in [-0.25, -0.2) is 0 Å². The maximum absolute atomic E-state index is 3.21. The number of nitrogens with one attached hydrogen (secondary N) is 1. The molecular weight excluding hydrogens is 122 g/mol. The zero-order valence-corrected chi connectivity index (χ0v) is 8.21. The fourth-order valence-electron chi connectivity index (χ4n) is 0.707. The van der Waals surface area contributed by atoms with Crippen molar-refractivity contribution in [3.8, 4) is 0 Å². The van der Waals surface area contributed by atoms with Crippen LogP contribution in [0.1, 0.15) is 36.0 Å². The van der Waals surface area contributed by atoms with Crippen LogP contribution in [0.5, 0.6) is 0 Å². The molecule has 0 atom stereocenters. The molecule has 1 heteroatoms. The lowest BCUT2D eigenvalue weighted by atomic mass is 9.69. The Balaban J connectivity index is 0. The fraction of sp³-hybridized carbons (Fsp3) is 1.00. The van der Waals surface area contributed by atoms with Gasteiger partial charge in [-0.2, -0.15) is 0 Å². The van der Waals surface area contributed by atoms with Crippen molar-refractivity contribution in [2.45, 2.75) is 34.6 Å². The largest absolute Gasteiger partial charge is 0.319 e. The lowest BCUT2D eigenvalue weighted by molar-refractivity contribution is 0.132. The average Bonchev–Trinajstić information content (AvgIpc) is 1.61. The Morgan fingerprint density at radius 3 is 1.60 bits per heavy atom. The predicted octanol–water partition coefficient (Wildman–Crippen LogP) is 2.52. The maximum atomic E-state index is 3.21. The standard InChI is InChI=1S/C9H21N.H2/c1-8(2,3)9(4,5)7-10-6;/h10H,7H2,1-6H3;1H. The van der Waals surface area contributed by atoms with Crippen LogP contribution in [0.4, 0.5) is 0 Å². The van der Waals surface area contributed by atoms with E-state index in [1.54, 1.807) is 0 Å². The quantitative estimate of drug-likeness (QED) is 0.629. The lowest BCUT2D eigenvalue weighted by Gasteiger charge is -2.38. The van der Waals surface area contributed by atoms with Crippen LogP contribution in [-0.4, -0.2) is 13.6 Å². The highest BCUT2D eigenvalue weighted by Crippen LogP contribution is 2.36. The SMILES string of the molecule is CNCC(C)(C)C(C)(C)C.[HH]. The molecule has 0 aliphatic rings. The molecule has 0 aromatic carbocycles. The molecule has 0 radical (unpaired) electrons. The van der Waals surface area contributed by atoms with Crippen molar-refractivity contribution in [1.29, 1.82) is 0 Å². The summed E-state index contributed by atoms with van der Waals surface area (Å²) in [6.45, 7) is 12.5. The summed E-state index contributed by atoms with van der Waals surface area (Å²) in [6.07, 6.45) is 0. The van der Waals surface area contributed by atoms with Gasteiger partial charge in [-0.15, -0.1) is 0 Å². The first kappa shape index (κ1) is 9.96. The predicted molar refractivity (Wildman–Crippen MR) is 49.3 cm³/mol. The van der Waals surface area contributed by atoms with Crippen LogP contribution in [0.15, 0.2) is 0 Å². The van der Waals surface area contributed by atoms with Gasteiger partial charge in [-0.3, -0.25) is 0 Å². The van der Waals surface area contributed by atoms with Gasteiger partial charge in [0.2, 0.25) is 0 Å². The van der Waals surface area contributed by atoms with Crippen molar-refractivity contribution in [3.63, 3.8) is 0 Å². The van der Waals surface area contributed by atoms with Gasteiger partial charge in [-0.05, 0) is 17.9 Å². The van der Waals surface area contributed by atoms with Gasteiger partial charge in [0.1, 0.15) is 0 Å². The van der Waals surface area contributed by atoms with Gasteiger partial charge in [0.15, 0.2) is 0 Å². The van der Waals surface area contributed by atoms with E-state index in [4.69, 9.17) is 0 Å². The molecule has 0 amide bonds. The van der Waals surface area contributed by atoms with Crippen LogP contribution in [0.25, 0.3) is 0 Å². The van der Waals surface area contributed by atoms with Crippen molar-refractivity contribution in [3.05, 3.63) is 0 Å². The summed E-state index contributed by atoms with van der Waals surface area (Å²) in [6, 6.07) is 0. The Morgan fingerprint density at radius 2 is 1.50 bits per heavy atom. The van der Waals surface area contributed by atoms with Crippen molar-refractivity contribution in [1.82, 2.24) is 5.32 Å². The van der Waals surface area contributed by atoms with Crippen molar-refractivity contribution < 1.29 is 1.43 Å². The minimum absolute atomic E-state index is 0. The normalized spacial score (nSPS) is 13.8. The maximum Gasteiger partial charge on any atom is 0.000452 e. The van der Waals surface area contributed by atoms with Crippen LogP contribution in [-0.2, 0) is 0 Å². The molecule has 0 aromatic heterocycles. The van der Waals surface area contributed by atoms with Crippen LogP contribution in [0.3, 0.4) is 0 Å². The Hall–Kier alpha value is -0.0400. The van der Waals surface area contributed by atoms with Crippen LogP contribution >= 0.6 is 0 Å². The molecule has 0 unspecified atom stereocenters.